The van der Waals surface area contributed by atoms with E-state index in [1.165, 1.54) is 13.3 Å². The molecule has 172 valence electrons. The normalized spacial score (nSPS) is 21.2. The third kappa shape index (κ3) is 3.82. The molecule has 7 nitrogen and oxygen atoms in total. The van der Waals surface area contributed by atoms with Crippen LogP contribution in [0.5, 0.6) is 0 Å². The van der Waals surface area contributed by atoms with Crippen molar-refractivity contribution in [3.63, 3.8) is 0 Å². The third-order valence-electron chi connectivity index (χ3n) is 6.76. The SMILES string of the molecule is CC(=O)Nc1ccc(N2C(=O)c3cc4ccsc4n3C[C@]2(C)C(=O)NC2CCCCC2)cc1. The summed E-state index contributed by atoms with van der Waals surface area (Å²) in [4.78, 5) is 41.6. The number of nitrogens with one attached hydrogen (secondary N) is 2. The lowest BCUT2D eigenvalue weighted by atomic mass is 9.91. The average Bonchev–Trinajstić information content (AvgIpc) is 3.38. The van der Waals surface area contributed by atoms with Crippen molar-refractivity contribution < 1.29 is 14.4 Å². The molecule has 5 rings (SSSR count). The second kappa shape index (κ2) is 8.33. The molecule has 1 aliphatic heterocycles. The number of benzene rings is 1. The number of thiophene rings is 1. The van der Waals surface area contributed by atoms with Gasteiger partial charge in [-0.2, -0.15) is 0 Å². The Balaban J connectivity index is 1.55. The second-order valence-electron chi connectivity index (χ2n) is 9.25. The molecule has 0 saturated heterocycles. The molecule has 0 unspecified atom stereocenters. The van der Waals surface area contributed by atoms with E-state index in [1.54, 1.807) is 40.5 Å². The molecule has 2 aromatic heterocycles. The van der Waals surface area contributed by atoms with Gasteiger partial charge < -0.3 is 15.2 Å². The monoisotopic (exact) mass is 464 g/mol. The first-order valence-corrected chi connectivity index (χ1v) is 12.3. The third-order valence-corrected chi connectivity index (χ3v) is 7.71. The highest BCUT2D eigenvalue weighted by Crippen LogP contribution is 2.38. The van der Waals surface area contributed by atoms with E-state index >= 15 is 0 Å². The van der Waals surface area contributed by atoms with Crippen LogP contribution in [0.2, 0.25) is 0 Å². The van der Waals surface area contributed by atoms with Gasteiger partial charge in [0.15, 0.2) is 0 Å². The van der Waals surface area contributed by atoms with Gasteiger partial charge in [-0.25, -0.2) is 0 Å². The first-order valence-electron chi connectivity index (χ1n) is 11.5. The number of nitrogens with zero attached hydrogens (tertiary/aromatic N) is 2. The summed E-state index contributed by atoms with van der Waals surface area (Å²) in [5.41, 5.74) is 0.775. The fourth-order valence-electron chi connectivity index (χ4n) is 5.09. The molecule has 8 heteroatoms. The van der Waals surface area contributed by atoms with E-state index in [0.717, 1.165) is 35.9 Å². The minimum absolute atomic E-state index is 0.127. The molecule has 0 spiro atoms. The molecule has 3 heterocycles. The minimum Gasteiger partial charge on any atom is -0.351 e. The topological polar surface area (TPSA) is 83.4 Å². The summed E-state index contributed by atoms with van der Waals surface area (Å²) in [5.74, 6) is -0.484. The lowest BCUT2D eigenvalue weighted by molar-refractivity contribution is -0.127. The predicted octanol–water partition coefficient (Wildman–Crippen LogP) is 4.53. The van der Waals surface area contributed by atoms with Crippen molar-refractivity contribution in [2.75, 3.05) is 10.2 Å². The van der Waals surface area contributed by atoms with Gasteiger partial charge in [0.05, 0.1) is 6.54 Å². The number of aromatic nitrogens is 1. The molecule has 0 bridgehead atoms. The highest BCUT2D eigenvalue weighted by Gasteiger charge is 2.49. The number of rotatable bonds is 4. The van der Waals surface area contributed by atoms with E-state index in [0.29, 0.717) is 23.6 Å². The van der Waals surface area contributed by atoms with Crippen molar-refractivity contribution in [3.05, 3.63) is 47.5 Å². The summed E-state index contributed by atoms with van der Waals surface area (Å²) in [6, 6.07) is 11.2. The van der Waals surface area contributed by atoms with Crippen LogP contribution in [0.3, 0.4) is 0 Å². The van der Waals surface area contributed by atoms with Crippen LogP contribution in [-0.2, 0) is 16.1 Å². The van der Waals surface area contributed by atoms with Gasteiger partial charge >= 0.3 is 0 Å². The quantitative estimate of drug-likeness (QED) is 0.595. The Labute approximate surface area is 196 Å². The Hall–Kier alpha value is -3.13. The molecule has 1 aliphatic carbocycles. The Kier molecular flexibility index (Phi) is 5.48. The van der Waals surface area contributed by atoms with Crippen molar-refractivity contribution >= 4 is 50.6 Å². The van der Waals surface area contributed by atoms with Crippen molar-refractivity contribution in [2.45, 2.75) is 64.1 Å². The number of hydrogen-bond donors (Lipinski definition) is 2. The lowest BCUT2D eigenvalue weighted by Gasteiger charge is -2.44. The minimum atomic E-state index is -1.09. The van der Waals surface area contributed by atoms with Gasteiger partial charge in [-0.15, -0.1) is 11.3 Å². The summed E-state index contributed by atoms with van der Waals surface area (Å²) >= 11 is 1.58. The zero-order valence-electron chi connectivity index (χ0n) is 18.9. The van der Waals surface area contributed by atoms with Gasteiger partial charge in [0.1, 0.15) is 16.1 Å². The van der Waals surface area contributed by atoms with Crippen molar-refractivity contribution in [3.8, 4) is 0 Å². The Morgan fingerprint density at radius 2 is 1.82 bits per heavy atom. The fourth-order valence-corrected chi connectivity index (χ4v) is 5.98. The van der Waals surface area contributed by atoms with E-state index in [9.17, 15) is 14.4 Å². The number of fused-ring (bicyclic) bond motifs is 3. The van der Waals surface area contributed by atoms with E-state index in [4.69, 9.17) is 0 Å². The van der Waals surface area contributed by atoms with Crippen LogP contribution >= 0.6 is 11.3 Å². The molecule has 1 saturated carbocycles. The summed E-state index contributed by atoms with van der Waals surface area (Å²) in [7, 11) is 0. The Morgan fingerprint density at radius 3 is 2.52 bits per heavy atom. The first-order chi connectivity index (χ1) is 15.9. The molecular formula is C25H28N4O3S. The zero-order valence-corrected chi connectivity index (χ0v) is 19.7. The zero-order chi connectivity index (χ0) is 23.2. The molecule has 2 N–H and O–H groups in total. The van der Waals surface area contributed by atoms with Crippen LogP contribution in [0.4, 0.5) is 11.4 Å². The van der Waals surface area contributed by atoms with E-state index in [2.05, 4.69) is 10.6 Å². The van der Waals surface area contributed by atoms with Gasteiger partial charge in [-0.05, 0) is 61.5 Å². The second-order valence-corrected chi connectivity index (χ2v) is 10.1. The summed E-state index contributed by atoms with van der Waals surface area (Å²) in [6.07, 6.45) is 5.40. The number of amides is 3. The van der Waals surface area contributed by atoms with Crippen molar-refractivity contribution in [1.29, 1.82) is 0 Å². The van der Waals surface area contributed by atoms with E-state index < -0.39 is 5.54 Å². The summed E-state index contributed by atoms with van der Waals surface area (Å²) in [6.45, 7) is 3.69. The van der Waals surface area contributed by atoms with Crippen molar-refractivity contribution in [2.24, 2.45) is 0 Å². The molecule has 3 amide bonds. The molecule has 1 atom stereocenters. The summed E-state index contributed by atoms with van der Waals surface area (Å²) in [5, 5.41) is 9.03. The molecular weight excluding hydrogens is 436 g/mol. The largest absolute Gasteiger partial charge is 0.351 e. The highest BCUT2D eigenvalue weighted by molar-refractivity contribution is 7.16. The smallest absolute Gasteiger partial charge is 0.275 e. The highest BCUT2D eigenvalue weighted by atomic mass is 32.1. The van der Waals surface area contributed by atoms with Gasteiger partial charge in [-0.1, -0.05) is 19.3 Å². The number of carbonyl (C=O) groups is 3. The summed E-state index contributed by atoms with van der Waals surface area (Å²) < 4.78 is 1.99. The molecule has 2 aliphatic rings. The first kappa shape index (κ1) is 21.7. The standard InChI is InChI=1S/C25H28N4O3S/c1-16(30)26-19-8-10-20(11-9-19)29-22(31)21-14-17-12-13-33-23(17)28(21)15-25(29,2)24(32)27-18-6-4-3-5-7-18/h8-14,18H,3-7,15H2,1-2H3,(H,26,30)(H,27,32)/t25-/m1/s1. The number of carbonyl (C=O) groups excluding carboxylic acids is 3. The molecule has 0 radical (unpaired) electrons. The average molecular weight is 465 g/mol. The van der Waals surface area contributed by atoms with Crippen molar-refractivity contribution in [1.82, 2.24) is 9.88 Å². The maximum atomic E-state index is 13.8. The van der Waals surface area contributed by atoms with Crippen LogP contribution < -0.4 is 15.5 Å². The van der Waals surface area contributed by atoms with Crippen LogP contribution in [-0.4, -0.2) is 33.9 Å². The molecule has 1 aromatic carbocycles. The predicted molar refractivity (Wildman–Crippen MR) is 131 cm³/mol. The maximum Gasteiger partial charge on any atom is 0.275 e. The van der Waals surface area contributed by atoms with Gasteiger partial charge in [0, 0.05) is 29.7 Å². The number of hydrogen-bond acceptors (Lipinski definition) is 4. The maximum absolute atomic E-state index is 13.8. The molecule has 3 aromatic rings. The Bertz CT molecular complexity index is 1220. The van der Waals surface area contributed by atoms with Crippen LogP contribution in [0, 0.1) is 0 Å². The fraction of sp³-hybridized carbons (Fsp3) is 0.400. The molecule has 1 fully saturated rings. The van der Waals surface area contributed by atoms with Gasteiger partial charge in [0.2, 0.25) is 11.8 Å². The van der Waals surface area contributed by atoms with Gasteiger partial charge in [0.25, 0.3) is 5.91 Å². The van der Waals surface area contributed by atoms with Gasteiger partial charge in [-0.3, -0.25) is 19.3 Å². The van der Waals surface area contributed by atoms with Crippen LogP contribution in [0.1, 0.15) is 56.4 Å². The van der Waals surface area contributed by atoms with E-state index in [-0.39, 0.29) is 23.8 Å². The lowest BCUT2D eigenvalue weighted by Crippen LogP contribution is -2.65. The Morgan fingerprint density at radius 1 is 1.09 bits per heavy atom. The number of anilines is 2. The van der Waals surface area contributed by atoms with Crippen LogP contribution in [0.15, 0.2) is 41.8 Å². The molecule has 33 heavy (non-hydrogen) atoms. The van der Waals surface area contributed by atoms with Crippen LogP contribution in [0.25, 0.3) is 10.2 Å². The van der Waals surface area contributed by atoms with E-state index in [1.807, 2.05) is 29.0 Å².